The number of H-pyrrole nitrogens is 1. The van der Waals surface area contributed by atoms with Crippen molar-refractivity contribution in [2.45, 2.75) is 44.4 Å². The van der Waals surface area contributed by atoms with Crippen molar-refractivity contribution in [1.82, 2.24) is 15.2 Å². The van der Waals surface area contributed by atoms with E-state index in [4.69, 9.17) is 0 Å². The van der Waals surface area contributed by atoms with E-state index in [1.54, 1.807) is 0 Å². The highest BCUT2D eigenvalue weighted by molar-refractivity contribution is 5.91. The van der Waals surface area contributed by atoms with Crippen LogP contribution in [0.4, 0.5) is 14.5 Å². The van der Waals surface area contributed by atoms with E-state index >= 15 is 0 Å². The maximum atomic E-state index is 14.7. The molecule has 2 atom stereocenters. The van der Waals surface area contributed by atoms with Gasteiger partial charge in [-0.1, -0.05) is 6.07 Å². The number of benzene rings is 2. The SMILES string of the molecule is CN(CCC(=O)Nc1cc(F)c(CNC[C@H](O)c2ccc(O)c3[nH]c(=O)ccc23)cc1F)C1CC#CCC1. The molecule has 0 aliphatic heterocycles. The molecule has 0 saturated carbocycles. The number of pyridine rings is 1. The summed E-state index contributed by atoms with van der Waals surface area (Å²) in [6.07, 6.45) is 1.64. The number of hydrogen-bond acceptors (Lipinski definition) is 6. The molecule has 1 amide bonds. The molecule has 200 valence electrons. The standard InChI is InChI=1S/C28H30F2N4O4/c1-34(18-5-3-2-4-6-18)12-11-27(38)32-23-14-21(29)17(13-22(23)30)15-31-16-25(36)19-7-9-24(35)28-20(19)8-10-26(37)33-28/h7-10,13-14,18,25,31,35-36H,3,5-6,11-12,15-16H2,1H3,(H,32,38)(H,33,37)/t18?,25-/m0/s1. The van der Waals surface area contributed by atoms with Crippen molar-refractivity contribution < 1.29 is 23.8 Å². The first-order chi connectivity index (χ1) is 18.2. The molecule has 5 N–H and O–H groups in total. The van der Waals surface area contributed by atoms with Crippen LogP contribution in [0.5, 0.6) is 5.75 Å². The third-order valence-electron chi connectivity index (χ3n) is 6.71. The summed E-state index contributed by atoms with van der Waals surface area (Å²) in [7, 11) is 1.93. The molecule has 38 heavy (non-hydrogen) atoms. The van der Waals surface area contributed by atoms with Crippen molar-refractivity contribution in [3.8, 4) is 17.6 Å². The summed E-state index contributed by atoms with van der Waals surface area (Å²) in [5.74, 6) is 4.13. The first-order valence-electron chi connectivity index (χ1n) is 12.4. The number of nitrogens with zero attached hydrogens (tertiary/aromatic N) is 1. The van der Waals surface area contributed by atoms with E-state index < -0.39 is 29.2 Å². The average Bonchev–Trinajstić information content (AvgIpc) is 2.90. The van der Waals surface area contributed by atoms with Crippen LogP contribution in [0.25, 0.3) is 10.9 Å². The fourth-order valence-corrected chi connectivity index (χ4v) is 4.49. The number of aliphatic hydroxyl groups is 1. The highest BCUT2D eigenvalue weighted by atomic mass is 19.1. The van der Waals surface area contributed by atoms with Crippen molar-refractivity contribution >= 4 is 22.5 Å². The summed E-state index contributed by atoms with van der Waals surface area (Å²) >= 11 is 0. The van der Waals surface area contributed by atoms with Crippen molar-refractivity contribution in [3.63, 3.8) is 0 Å². The zero-order chi connectivity index (χ0) is 27.2. The number of aromatic hydroxyl groups is 1. The Kier molecular flexibility index (Phi) is 8.73. The number of phenolic OH excluding ortho intramolecular Hbond substituents is 1. The van der Waals surface area contributed by atoms with Gasteiger partial charge in [0.1, 0.15) is 17.4 Å². The number of amides is 1. The largest absolute Gasteiger partial charge is 0.506 e. The van der Waals surface area contributed by atoms with Gasteiger partial charge in [0.2, 0.25) is 11.5 Å². The maximum absolute atomic E-state index is 14.7. The molecule has 1 unspecified atom stereocenters. The molecule has 2 aromatic carbocycles. The monoisotopic (exact) mass is 524 g/mol. The normalized spacial score (nSPS) is 15.8. The first kappa shape index (κ1) is 27.3. The van der Waals surface area contributed by atoms with Crippen molar-refractivity contribution in [2.24, 2.45) is 0 Å². The van der Waals surface area contributed by atoms with Crippen molar-refractivity contribution in [3.05, 3.63) is 69.5 Å². The number of halogens is 2. The van der Waals surface area contributed by atoms with Gasteiger partial charge in [0.05, 0.1) is 17.3 Å². The highest BCUT2D eigenvalue weighted by Gasteiger charge is 2.18. The lowest BCUT2D eigenvalue weighted by Gasteiger charge is -2.27. The minimum atomic E-state index is -1.05. The van der Waals surface area contributed by atoms with Crippen molar-refractivity contribution in [1.29, 1.82) is 0 Å². The number of nitrogens with one attached hydrogen (secondary N) is 3. The van der Waals surface area contributed by atoms with Gasteiger partial charge in [-0.15, -0.1) is 11.8 Å². The van der Waals surface area contributed by atoms with Crippen molar-refractivity contribution in [2.75, 3.05) is 25.5 Å². The van der Waals surface area contributed by atoms with Crippen LogP contribution in [0.1, 0.15) is 42.9 Å². The molecule has 0 spiro atoms. The van der Waals surface area contributed by atoms with Gasteiger partial charge >= 0.3 is 0 Å². The second kappa shape index (κ2) is 12.2. The number of rotatable bonds is 10. The van der Waals surface area contributed by atoms with Crippen LogP contribution in [0.2, 0.25) is 0 Å². The van der Waals surface area contributed by atoms with E-state index in [2.05, 4.69) is 32.4 Å². The maximum Gasteiger partial charge on any atom is 0.248 e. The Bertz CT molecular complexity index is 1450. The second-order valence-electron chi connectivity index (χ2n) is 9.38. The van der Waals surface area contributed by atoms with Crippen LogP contribution in [0.15, 0.2) is 41.2 Å². The number of phenols is 1. The minimum Gasteiger partial charge on any atom is -0.506 e. The number of hydrogen-bond donors (Lipinski definition) is 5. The summed E-state index contributed by atoms with van der Waals surface area (Å²) in [5, 5.41) is 26.4. The van der Waals surface area contributed by atoms with Gasteiger partial charge in [-0.25, -0.2) is 8.78 Å². The number of anilines is 1. The molecule has 0 fully saturated rings. The summed E-state index contributed by atoms with van der Waals surface area (Å²) in [4.78, 5) is 28.5. The summed E-state index contributed by atoms with van der Waals surface area (Å²) in [6, 6.07) is 7.93. The van der Waals surface area contributed by atoms with Gasteiger partial charge < -0.3 is 30.7 Å². The molecule has 8 nitrogen and oxygen atoms in total. The number of aromatic nitrogens is 1. The number of aliphatic hydroxyl groups excluding tert-OH is 1. The molecular formula is C28H30F2N4O4. The zero-order valence-electron chi connectivity index (χ0n) is 21.0. The lowest BCUT2D eigenvalue weighted by molar-refractivity contribution is -0.116. The Labute approximate surface area is 218 Å². The van der Waals surface area contributed by atoms with E-state index in [-0.39, 0.29) is 42.0 Å². The van der Waals surface area contributed by atoms with Crippen LogP contribution in [-0.2, 0) is 11.3 Å². The average molecular weight is 525 g/mol. The third-order valence-corrected chi connectivity index (χ3v) is 6.71. The van der Waals surface area contributed by atoms with Gasteiger partial charge in [0.15, 0.2) is 0 Å². The molecule has 1 aromatic heterocycles. The molecule has 0 saturated heterocycles. The highest BCUT2D eigenvalue weighted by Crippen LogP contribution is 2.28. The quantitative estimate of drug-likeness (QED) is 0.260. The zero-order valence-corrected chi connectivity index (χ0v) is 21.0. The number of carbonyl (C=O) groups is 1. The van der Waals surface area contributed by atoms with Gasteiger partial charge in [0, 0.05) is 68.0 Å². The molecular weight excluding hydrogens is 494 g/mol. The van der Waals surface area contributed by atoms with E-state index in [1.165, 1.54) is 24.3 Å². The number of aromatic amines is 1. The lowest BCUT2D eigenvalue weighted by Crippen LogP contribution is -2.34. The minimum absolute atomic E-state index is 0.00135. The predicted octanol–water partition coefficient (Wildman–Crippen LogP) is 3.15. The van der Waals surface area contributed by atoms with Gasteiger partial charge in [0.25, 0.3) is 0 Å². The van der Waals surface area contributed by atoms with Crippen LogP contribution in [-0.4, -0.2) is 52.2 Å². The molecule has 1 heterocycles. The number of fused-ring (bicyclic) bond motifs is 1. The Balaban J connectivity index is 1.32. The molecule has 10 heteroatoms. The topological polar surface area (TPSA) is 118 Å². The lowest BCUT2D eigenvalue weighted by atomic mass is 10.0. The molecule has 1 aliphatic rings. The van der Waals surface area contributed by atoms with E-state index in [1.807, 2.05) is 7.05 Å². The van der Waals surface area contributed by atoms with Gasteiger partial charge in [-0.2, -0.15) is 0 Å². The Morgan fingerprint density at radius 3 is 2.79 bits per heavy atom. The Morgan fingerprint density at radius 2 is 2.03 bits per heavy atom. The molecule has 3 aromatic rings. The van der Waals surface area contributed by atoms with Crippen LogP contribution >= 0.6 is 0 Å². The van der Waals surface area contributed by atoms with E-state index in [0.717, 1.165) is 31.4 Å². The summed E-state index contributed by atoms with van der Waals surface area (Å²) < 4.78 is 29.3. The molecule has 1 aliphatic carbocycles. The predicted molar refractivity (Wildman–Crippen MR) is 141 cm³/mol. The molecule has 0 radical (unpaired) electrons. The van der Waals surface area contributed by atoms with E-state index in [0.29, 0.717) is 23.5 Å². The summed E-state index contributed by atoms with van der Waals surface area (Å²) in [6.45, 7) is 0.410. The molecule has 4 rings (SSSR count). The van der Waals surface area contributed by atoms with Gasteiger partial charge in [-0.3, -0.25) is 9.59 Å². The Hall–Kier alpha value is -3.78. The second-order valence-corrected chi connectivity index (χ2v) is 9.38. The van der Waals surface area contributed by atoms with Gasteiger partial charge in [-0.05, 0) is 37.2 Å². The van der Waals surface area contributed by atoms with Crippen LogP contribution < -0.4 is 16.2 Å². The van der Waals surface area contributed by atoms with Crippen LogP contribution in [0, 0.1) is 23.5 Å². The summed E-state index contributed by atoms with van der Waals surface area (Å²) in [5.41, 5.74) is 0.0673. The first-order valence-corrected chi connectivity index (χ1v) is 12.4. The third kappa shape index (κ3) is 6.55. The molecule has 0 bridgehead atoms. The fraction of sp³-hybridized carbons (Fsp3) is 0.357. The smallest absolute Gasteiger partial charge is 0.248 e. The fourth-order valence-electron chi connectivity index (χ4n) is 4.49. The number of carbonyl (C=O) groups excluding carboxylic acids is 1. The Morgan fingerprint density at radius 1 is 1.21 bits per heavy atom. The van der Waals surface area contributed by atoms with Crippen LogP contribution in [0.3, 0.4) is 0 Å². The van der Waals surface area contributed by atoms with E-state index in [9.17, 15) is 28.6 Å².